The quantitative estimate of drug-likeness (QED) is 0.0974. The van der Waals surface area contributed by atoms with Gasteiger partial charge in [-0.2, -0.15) is 0 Å². The number of esters is 1. The Morgan fingerprint density at radius 2 is 1.26 bits per heavy atom. The molecule has 0 radical (unpaired) electrons. The third-order valence-electron chi connectivity index (χ3n) is 17.5. The molecule has 1 saturated heterocycles. The standard InChI is InChI=1S/C63H112N2O22/c1-33-14-10-11-18-47(72)39(7)57(79)34(2)15-12-16-36(4)62(84)85-52(38(6)48(73)22-23-55(77)65-25-24-64)19-13-17-42(67)27-43(68)29-49(74)40(8)58(80)41(9)50(75)30-44(69)28-45(70)31-51(76)53(26-37(5)56(78)35(3)20-21-46(33)71)86-63-61(83)60(82)59(81)54(32-66)87-63/h10,13-14,16-17,20-21,26,33-35,38-54,56-61,63,66-76,78-83H,11-12,15,18-19,22-25,27-32,64H2,1-9H3,(H,65,77)/t33?,34?,35?,38?,39?,40?,41?,42?,43?,44?,45?,46?,47?,48?,49?,50?,51?,52?,53?,54-,56?,57?,58?,59-,60+,61+,63+/m1/s1. The highest BCUT2D eigenvalue weighted by Gasteiger charge is 2.46. The maximum absolute atomic E-state index is 13.5. The number of carbonyl (C=O) groups excluding carboxylic acids is 2. The largest absolute Gasteiger partial charge is 0.458 e. The minimum absolute atomic E-state index is 0.00931. The summed E-state index contributed by atoms with van der Waals surface area (Å²) in [5, 5.41) is 189. The maximum atomic E-state index is 13.5. The number of cyclic esters (lactones) is 1. The Morgan fingerprint density at radius 3 is 1.86 bits per heavy atom. The van der Waals surface area contributed by atoms with Crippen LogP contribution < -0.4 is 11.1 Å². The Balaban J connectivity index is 2.46. The lowest BCUT2D eigenvalue weighted by Gasteiger charge is -2.41. The first-order valence-electron chi connectivity index (χ1n) is 31.1. The molecule has 0 aromatic rings. The van der Waals surface area contributed by atoms with E-state index in [-0.39, 0.29) is 74.6 Å². The number of nitrogens with one attached hydrogen (secondary N) is 1. The van der Waals surface area contributed by atoms with Crippen molar-refractivity contribution in [3.05, 3.63) is 59.8 Å². The predicted molar refractivity (Wildman–Crippen MR) is 323 cm³/mol. The number of nitrogens with two attached hydrogens (primary N) is 1. The molecular weight excluding hydrogens is 1140 g/mol. The van der Waals surface area contributed by atoms with Gasteiger partial charge >= 0.3 is 5.97 Å². The first-order chi connectivity index (χ1) is 40.8. The molecule has 87 heavy (non-hydrogen) atoms. The van der Waals surface area contributed by atoms with Gasteiger partial charge in [0.25, 0.3) is 0 Å². The number of aliphatic hydroxyl groups is 17. The van der Waals surface area contributed by atoms with E-state index < -0.39 is 183 Å². The molecule has 0 aromatic carbocycles. The highest BCUT2D eigenvalue weighted by Crippen LogP contribution is 2.30. The zero-order chi connectivity index (χ0) is 66.0. The molecule has 2 aliphatic heterocycles. The van der Waals surface area contributed by atoms with E-state index in [4.69, 9.17) is 19.9 Å². The first kappa shape index (κ1) is 79.9. The molecule has 0 spiro atoms. The van der Waals surface area contributed by atoms with Crippen molar-refractivity contribution in [3.8, 4) is 0 Å². The van der Waals surface area contributed by atoms with Gasteiger partial charge in [-0.3, -0.25) is 4.79 Å². The van der Waals surface area contributed by atoms with Gasteiger partial charge in [-0.15, -0.1) is 0 Å². The monoisotopic (exact) mass is 1250 g/mol. The molecule has 2 aliphatic rings. The van der Waals surface area contributed by atoms with E-state index in [0.717, 1.165) is 0 Å². The number of hydrogen-bond donors (Lipinski definition) is 19. The normalized spacial score (nSPS) is 40.3. The summed E-state index contributed by atoms with van der Waals surface area (Å²) in [5.74, 6) is -5.50. The Labute approximate surface area is 514 Å². The second kappa shape index (κ2) is 40.6. The zero-order valence-corrected chi connectivity index (χ0v) is 52.5. The van der Waals surface area contributed by atoms with Gasteiger partial charge in [0.15, 0.2) is 6.29 Å². The average molecular weight is 1250 g/mol. The summed E-state index contributed by atoms with van der Waals surface area (Å²) >= 11 is 0. The molecule has 2 heterocycles. The molecule has 27 atom stereocenters. The Hall–Kier alpha value is -3.16. The molecule has 24 nitrogen and oxygen atoms in total. The third-order valence-corrected chi connectivity index (χ3v) is 17.5. The van der Waals surface area contributed by atoms with Crippen LogP contribution in [0.1, 0.15) is 139 Å². The van der Waals surface area contributed by atoms with Crippen LogP contribution in [0, 0.1) is 41.4 Å². The fourth-order valence-electron chi connectivity index (χ4n) is 10.8. The number of amides is 1. The predicted octanol–water partition coefficient (Wildman–Crippen LogP) is -0.441. The summed E-state index contributed by atoms with van der Waals surface area (Å²) in [5.41, 5.74) is 5.97. The topological polar surface area (TPSA) is 444 Å². The number of rotatable bonds is 10. The number of ether oxygens (including phenoxy) is 3. The fraction of sp³-hybridized carbons (Fsp3) is 0.810. The molecule has 2 rings (SSSR count). The third kappa shape index (κ3) is 27.7. The van der Waals surface area contributed by atoms with Gasteiger partial charge in [-0.25, -0.2) is 4.79 Å². The van der Waals surface area contributed by atoms with Crippen LogP contribution in [0.25, 0.3) is 0 Å². The van der Waals surface area contributed by atoms with Crippen molar-refractivity contribution in [2.24, 2.45) is 47.2 Å². The SMILES string of the molecule is CC1=CCCC(C)C(O)C(C)C(O)CCC=CC(C)C(O)C=CC(C)C(O)C(C)=CC(O[C@H]2O[C@H](CO)[C@@H](O)[C@H](O)[C@@H]2O)C(O)CC(O)CC(O)CC(O)C(C)C(O)C(C)C(O)CC(O)CC(O)C=CCC(C(C)C(O)CCC(=O)NCCN)OC1=O. The van der Waals surface area contributed by atoms with E-state index >= 15 is 0 Å². The molecule has 1 fully saturated rings. The number of carbonyl (C=O) groups is 2. The van der Waals surface area contributed by atoms with Crippen LogP contribution in [0.2, 0.25) is 0 Å². The van der Waals surface area contributed by atoms with Gasteiger partial charge in [0.1, 0.15) is 36.6 Å². The fourth-order valence-corrected chi connectivity index (χ4v) is 10.8. The lowest BCUT2D eigenvalue weighted by Crippen LogP contribution is -2.60. The van der Waals surface area contributed by atoms with Gasteiger partial charge in [0.2, 0.25) is 5.91 Å². The molecule has 0 aromatic heterocycles. The van der Waals surface area contributed by atoms with Crippen molar-refractivity contribution in [3.63, 3.8) is 0 Å². The van der Waals surface area contributed by atoms with Crippen LogP contribution >= 0.6 is 0 Å². The smallest absolute Gasteiger partial charge is 0.333 e. The molecule has 506 valence electrons. The summed E-state index contributed by atoms with van der Waals surface area (Å²) in [6.07, 6.45) is -15.2. The lowest BCUT2D eigenvalue weighted by atomic mass is 9.82. The summed E-state index contributed by atoms with van der Waals surface area (Å²) in [6.45, 7) is 14.4. The van der Waals surface area contributed by atoms with Gasteiger partial charge in [0.05, 0.1) is 86.0 Å². The van der Waals surface area contributed by atoms with E-state index in [0.29, 0.717) is 25.7 Å². The zero-order valence-electron chi connectivity index (χ0n) is 52.5. The van der Waals surface area contributed by atoms with Gasteiger partial charge in [-0.1, -0.05) is 97.1 Å². The summed E-state index contributed by atoms with van der Waals surface area (Å²) in [4.78, 5) is 25.9. The Bertz CT molecular complexity index is 2100. The van der Waals surface area contributed by atoms with Crippen LogP contribution in [0.3, 0.4) is 0 Å². The van der Waals surface area contributed by atoms with E-state index in [9.17, 15) is 96.4 Å². The van der Waals surface area contributed by atoms with Gasteiger partial charge in [-0.05, 0) is 76.7 Å². The highest BCUT2D eigenvalue weighted by molar-refractivity contribution is 5.87. The van der Waals surface area contributed by atoms with E-state index in [2.05, 4.69) is 5.32 Å². The molecule has 1 amide bonds. The van der Waals surface area contributed by atoms with Crippen molar-refractivity contribution in [2.75, 3.05) is 19.7 Å². The second-order valence-electron chi connectivity index (χ2n) is 24.9. The van der Waals surface area contributed by atoms with Crippen LogP contribution in [-0.2, 0) is 23.8 Å². The molecule has 0 bridgehead atoms. The molecule has 20 N–H and O–H groups in total. The number of aliphatic hydroxyl groups excluding tert-OH is 17. The minimum Gasteiger partial charge on any atom is -0.458 e. The van der Waals surface area contributed by atoms with E-state index in [1.807, 2.05) is 13.0 Å². The maximum Gasteiger partial charge on any atom is 0.333 e. The van der Waals surface area contributed by atoms with E-state index in [1.165, 1.54) is 45.1 Å². The Kier molecular flexibility index (Phi) is 37.3. The molecule has 0 aliphatic carbocycles. The summed E-state index contributed by atoms with van der Waals surface area (Å²) < 4.78 is 17.4. The van der Waals surface area contributed by atoms with Gasteiger partial charge < -0.3 is 112 Å². The highest BCUT2D eigenvalue weighted by atomic mass is 16.7. The van der Waals surface area contributed by atoms with Gasteiger partial charge in [0, 0.05) is 79.9 Å². The molecule has 24 heteroatoms. The summed E-state index contributed by atoms with van der Waals surface area (Å²) in [7, 11) is 0. The number of hydrogen-bond acceptors (Lipinski definition) is 23. The van der Waals surface area contributed by atoms with E-state index in [1.54, 1.807) is 52.8 Å². The van der Waals surface area contributed by atoms with Crippen molar-refractivity contribution >= 4 is 11.9 Å². The van der Waals surface area contributed by atoms with Crippen molar-refractivity contribution in [2.45, 2.75) is 262 Å². The number of allylic oxidation sites excluding steroid dienone is 2. The lowest BCUT2D eigenvalue weighted by molar-refractivity contribution is -0.313. The Morgan fingerprint density at radius 1 is 0.678 bits per heavy atom. The second-order valence-corrected chi connectivity index (χ2v) is 24.9. The molecule has 22 unspecified atom stereocenters. The molecule has 0 saturated carbocycles. The van der Waals surface area contributed by atoms with Crippen molar-refractivity contribution in [1.29, 1.82) is 0 Å². The molecular formula is C63H112N2O22. The summed E-state index contributed by atoms with van der Waals surface area (Å²) in [6, 6.07) is 0. The van der Waals surface area contributed by atoms with Crippen molar-refractivity contribution < 1.29 is 111 Å². The van der Waals surface area contributed by atoms with Crippen LogP contribution in [0.4, 0.5) is 0 Å². The minimum atomic E-state index is -1.89. The van der Waals surface area contributed by atoms with Crippen LogP contribution in [0.15, 0.2) is 59.8 Å². The van der Waals surface area contributed by atoms with Crippen LogP contribution in [0.5, 0.6) is 0 Å². The average Bonchev–Trinajstić information content (AvgIpc) is 2.43. The van der Waals surface area contributed by atoms with Crippen LogP contribution in [-0.4, -0.2) is 241 Å². The van der Waals surface area contributed by atoms with Crippen molar-refractivity contribution in [1.82, 2.24) is 5.32 Å². The first-order valence-corrected chi connectivity index (χ1v) is 31.1.